The molecule has 27 heavy (non-hydrogen) atoms. The lowest BCUT2D eigenvalue weighted by atomic mass is 10.0. The number of ether oxygens (including phenoxy) is 1. The van der Waals surface area contributed by atoms with Crippen LogP contribution in [0.5, 0.6) is 0 Å². The van der Waals surface area contributed by atoms with Crippen LogP contribution in [0.3, 0.4) is 0 Å². The lowest BCUT2D eigenvalue weighted by Crippen LogP contribution is -3.28. The molecule has 0 unspecified atom stereocenters. The van der Waals surface area contributed by atoms with Gasteiger partial charge in [-0.3, -0.25) is 4.79 Å². The molecule has 1 aromatic carbocycles. The third-order valence-electron chi connectivity index (χ3n) is 4.97. The summed E-state index contributed by atoms with van der Waals surface area (Å²) in [6, 6.07) is 7.44. The van der Waals surface area contributed by atoms with Crippen LogP contribution in [0.2, 0.25) is 5.02 Å². The fourth-order valence-corrected chi connectivity index (χ4v) is 3.63. The molecular formula is C20H32ClN3O3+2. The van der Waals surface area contributed by atoms with Crippen molar-refractivity contribution in [2.75, 3.05) is 39.8 Å². The lowest BCUT2D eigenvalue weighted by Gasteiger charge is -2.29. The molecule has 150 valence electrons. The van der Waals surface area contributed by atoms with Gasteiger partial charge in [0.1, 0.15) is 38.8 Å². The van der Waals surface area contributed by atoms with Crippen LogP contribution in [0.25, 0.3) is 0 Å². The number of piperazine rings is 1. The van der Waals surface area contributed by atoms with Crippen molar-refractivity contribution >= 4 is 23.5 Å². The van der Waals surface area contributed by atoms with Gasteiger partial charge in [-0.15, -0.1) is 0 Å². The highest BCUT2D eigenvalue weighted by Gasteiger charge is 2.28. The van der Waals surface area contributed by atoms with E-state index in [0.29, 0.717) is 18.9 Å². The molecule has 0 radical (unpaired) electrons. The molecule has 0 aromatic heterocycles. The summed E-state index contributed by atoms with van der Waals surface area (Å²) in [4.78, 5) is 27.0. The van der Waals surface area contributed by atoms with Crippen molar-refractivity contribution in [3.8, 4) is 0 Å². The van der Waals surface area contributed by atoms with Gasteiger partial charge >= 0.3 is 5.97 Å². The summed E-state index contributed by atoms with van der Waals surface area (Å²) in [5.41, 5.74) is 1.28. The van der Waals surface area contributed by atoms with E-state index in [1.807, 2.05) is 26.0 Å². The summed E-state index contributed by atoms with van der Waals surface area (Å²) >= 11 is 5.94. The number of esters is 1. The van der Waals surface area contributed by atoms with Crippen LogP contribution in [-0.4, -0.2) is 57.8 Å². The topological polar surface area (TPSA) is 64.3 Å². The molecule has 1 aromatic rings. The van der Waals surface area contributed by atoms with Crippen molar-refractivity contribution in [2.24, 2.45) is 5.92 Å². The smallest absolute Gasteiger partial charge is 0.328 e. The third kappa shape index (κ3) is 7.48. The number of carbonyl (C=O) groups excluding carboxylic acids is 2. The van der Waals surface area contributed by atoms with Crippen molar-refractivity contribution in [3.63, 3.8) is 0 Å². The molecule has 0 bridgehead atoms. The molecule has 3 N–H and O–H groups in total. The SMILES string of the molecule is COC(=O)[C@@H](CC(C)C)NC(=O)C[NH+]1CC[NH+](Cc2ccc(Cl)cc2)CC1. The molecule has 1 aliphatic heterocycles. The second-order valence-corrected chi connectivity index (χ2v) is 8.19. The number of carbonyl (C=O) groups is 2. The van der Waals surface area contributed by atoms with E-state index in [2.05, 4.69) is 17.4 Å². The van der Waals surface area contributed by atoms with Gasteiger partial charge in [-0.2, -0.15) is 0 Å². The average Bonchev–Trinajstić information content (AvgIpc) is 2.63. The van der Waals surface area contributed by atoms with E-state index in [9.17, 15) is 9.59 Å². The molecule has 0 aliphatic carbocycles. The first-order valence-electron chi connectivity index (χ1n) is 9.66. The van der Waals surface area contributed by atoms with Crippen LogP contribution in [0.1, 0.15) is 25.8 Å². The fraction of sp³-hybridized carbons (Fsp3) is 0.600. The third-order valence-corrected chi connectivity index (χ3v) is 5.22. The first-order valence-corrected chi connectivity index (χ1v) is 10.0. The van der Waals surface area contributed by atoms with E-state index in [1.165, 1.54) is 22.5 Å². The summed E-state index contributed by atoms with van der Waals surface area (Å²) in [5, 5.41) is 3.61. The molecule has 7 heteroatoms. The van der Waals surface area contributed by atoms with Crippen molar-refractivity contribution in [1.82, 2.24) is 5.32 Å². The Hall–Kier alpha value is -1.63. The van der Waals surface area contributed by atoms with Gasteiger partial charge in [0.2, 0.25) is 0 Å². The number of quaternary nitrogens is 2. The molecule has 6 nitrogen and oxygen atoms in total. The van der Waals surface area contributed by atoms with Crippen molar-refractivity contribution in [1.29, 1.82) is 0 Å². The average molecular weight is 398 g/mol. The summed E-state index contributed by atoms with van der Waals surface area (Å²) in [6.45, 7) is 9.38. The van der Waals surface area contributed by atoms with Gasteiger partial charge in [0.25, 0.3) is 5.91 Å². The largest absolute Gasteiger partial charge is 0.467 e. The molecule has 2 rings (SSSR count). The standard InChI is InChI=1S/C20H30ClN3O3/c1-15(2)12-18(20(26)27-3)22-19(25)14-24-10-8-23(9-11-24)13-16-4-6-17(21)7-5-16/h4-7,15,18H,8-14H2,1-3H3,(H,22,25)/p+2/t18-/m1/s1. The van der Waals surface area contributed by atoms with Gasteiger partial charge in [-0.1, -0.05) is 37.6 Å². The zero-order chi connectivity index (χ0) is 19.8. The maximum Gasteiger partial charge on any atom is 0.328 e. The van der Waals surface area contributed by atoms with E-state index in [0.717, 1.165) is 37.7 Å². The molecule has 1 amide bonds. The zero-order valence-corrected chi connectivity index (χ0v) is 17.3. The predicted octanol–water partition coefficient (Wildman–Crippen LogP) is -0.673. The number of rotatable bonds is 8. The molecule has 1 aliphatic rings. The summed E-state index contributed by atoms with van der Waals surface area (Å²) in [5.74, 6) is -0.145. The maximum absolute atomic E-state index is 12.4. The Morgan fingerprint density at radius 1 is 1.11 bits per heavy atom. The zero-order valence-electron chi connectivity index (χ0n) is 16.5. The van der Waals surface area contributed by atoms with E-state index in [4.69, 9.17) is 16.3 Å². The van der Waals surface area contributed by atoms with Crippen molar-refractivity contribution in [2.45, 2.75) is 32.9 Å². The number of methoxy groups -OCH3 is 1. The number of nitrogens with one attached hydrogen (secondary N) is 3. The first kappa shape index (κ1) is 21.7. The van der Waals surface area contributed by atoms with Crippen molar-refractivity contribution < 1.29 is 24.1 Å². The Kier molecular flexibility index (Phi) is 8.54. The molecule has 1 heterocycles. The van der Waals surface area contributed by atoms with E-state index in [-0.39, 0.29) is 11.9 Å². The molecule has 1 fully saturated rings. The monoisotopic (exact) mass is 397 g/mol. The number of benzene rings is 1. The first-order chi connectivity index (χ1) is 12.9. The highest BCUT2D eigenvalue weighted by Crippen LogP contribution is 2.08. The fourth-order valence-electron chi connectivity index (χ4n) is 3.50. The van der Waals surface area contributed by atoms with E-state index >= 15 is 0 Å². The van der Waals surface area contributed by atoms with Crippen LogP contribution in [0.4, 0.5) is 0 Å². The van der Waals surface area contributed by atoms with Crippen LogP contribution in [0, 0.1) is 5.92 Å². The lowest BCUT2D eigenvalue weighted by molar-refractivity contribution is -1.02. The van der Waals surface area contributed by atoms with Gasteiger partial charge in [-0.25, -0.2) is 4.79 Å². The summed E-state index contributed by atoms with van der Waals surface area (Å²) < 4.78 is 4.81. The van der Waals surface area contributed by atoms with Gasteiger partial charge in [0.05, 0.1) is 7.11 Å². The summed E-state index contributed by atoms with van der Waals surface area (Å²) in [6.07, 6.45) is 0.590. The minimum absolute atomic E-state index is 0.0813. The second kappa shape index (κ2) is 10.6. The molecule has 0 spiro atoms. The number of hydrogen-bond donors (Lipinski definition) is 3. The van der Waals surface area contributed by atoms with Gasteiger partial charge in [0, 0.05) is 10.6 Å². The molecule has 1 saturated heterocycles. The Bertz CT molecular complexity index is 613. The maximum atomic E-state index is 12.4. The summed E-state index contributed by atoms with van der Waals surface area (Å²) in [7, 11) is 1.36. The molecule has 1 atom stereocenters. The van der Waals surface area contributed by atoms with Gasteiger partial charge < -0.3 is 19.9 Å². The Morgan fingerprint density at radius 2 is 1.70 bits per heavy atom. The number of halogens is 1. The number of hydrogen-bond acceptors (Lipinski definition) is 3. The number of amides is 1. The molecular weight excluding hydrogens is 366 g/mol. The highest BCUT2D eigenvalue weighted by molar-refractivity contribution is 6.30. The Labute approximate surface area is 166 Å². The minimum atomic E-state index is -0.557. The van der Waals surface area contributed by atoms with E-state index in [1.54, 1.807) is 0 Å². The quantitative estimate of drug-likeness (QED) is 0.510. The van der Waals surface area contributed by atoms with Crippen LogP contribution >= 0.6 is 11.6 Å². The van der Waals surface area contributed by atoms with Crippen LogP contribution in [0.15, 0.2) is 24.3 Å². The Balaban J connectivity index is 1.76. The van der Waals surface area contributed by atoms with E-state index < -0.39 is 6.04 Å². The second-order valence-electron chi connectivity index (χ2n) is 7.75. The van der Waals surface area contributed by atoms with Gasteiger partial charge in [-0.05, 0) is 24.5 Å². The van der Waals surface area contributed by atoms with Crippen LogP contribution < -0.4 is 15.1 Å². The Morgan fingerprint density at radius 3 is 2.26 bits per heavy atom. The molecule has 0 saturated carbocycles. The van der Waals surface area contributed by atoms with Crippen LogP contribution in [-0.2, 0) is 20.9 Å². The predicted molar refractivity (Wildman–Crippen MR) is 105 cm³/mol. The normalized spacial score (nSPS) is 20.9. The highest BCUT2D eigenvalue weighted by atomic mass is 35.5. The van der Waals surface area contributed by atoms with Crippen molar-refractivity contribution in [3.05, 3.63) is 34.9 Å². The van der Waals surface area contributed by atoms with Gasteiger partial charge in [0.15, 0.2) is 6.54 Å². The minimum Gasteiger partial charge on any atom is -0.467 e.